The van der Waals surface area contributed by atoms with Crippen LogP contribution in [0.2, 0.25) is 0 Å². The van der Waals surface area contributed by atoms with Crippen molar-refractivity contribution in [1.82, 2.24) is 10.2 Å². The Morgan fingerprint density at radius 3 is 2.80 bits per heavy atom. The average Bonchev–Trinajstić information content (AvgIpc) is 2.47. The Balaban J connectivity index is 1.75. The van der Waals surface area contributed by atoms with E-state index in [9.17, 15) is 4.79 Å². The molecule has 0 saturated carbocycles. The number of fused-ring (bicyclic) bond motifs is 1. The van der Waals surface area contributed by atoms with E-state index in [4.69, 9.17) is 0 Å². The van der Waals surface area contributed by atoms with Gasteiger partial charge in [-0.05, 0) is 49.3 Å². The number of nitrogens with one attached hydrogen (secondary N) is 1. The molecule has 0 unspecified atom stereocenters. The van der Waals surface area contributed by atoms with Crippen LogP contribution in [-0.4, -0.2) is 37.0 Å². The molecule has 1 heterocycles. The van der Waals surface area contributed by atoms with Crippen molar-refractivity contribution in [3.63, 3.8) is 0 Å². The third kappa shape index (κ3) is 2.83. The molecule has 104 valence electrons. The van der Waals surface area contributed by atoms with E-state index in [-0.39, 0.29) is 11.9 Å². The Morgan fingerprint density at radius 2 is 2.00 bits per heavy atom. The summed E-state index contributed by atoms with van der Waals surface area (Å²) >= 11 is 0. The third-order valence-corrected chi connectivity index (χ3v) is 3.97. The van der Waals surface area contributed by atoms with Gasteiger partial charge in [-0.15, -0.1) is 0 Å². The normalized spacial score (nSPS) is 19.9. The van der Waals surface area contributed by atoms with E-state index in [1.807, 2.05) is 36.4 Å². The second kappa shape index (κ2) is 5.63. The van der Waals surface area contributed by atoms with E-state index in [0.29, 0.717) is 0 Å². The predicted octanol–water partition coefficient (Wildman–Crippen LogP) is 2.66. The Kier molecular flexibility index (Phi) is 3.70. The highest BCUT2D eigenvalue weighted by Gasteiger charge is 2.19. The Hall–Kier alpha value is -1.87. The van der Waals surface area contributed by atoms with E-state index in [1.165, 1.54) is 5.39 Å². The molecule has 0 aromatic heterocycles. The van der Waals surface area contributed by atoms with Crippen LogP contribution < -0.4 is 5.32 Å². The first-order valence-electron chi connectivity index (χ1n) is 7.20. The first-order valence-corrected chi connectivity index (χ1v) is 7.20. The van der Waals surface area contributed by atoms with Crippen molar-refractivity contribution in [3.05, 3.63) is 48.0 Å². The predicted molar refractivity (Wildman–Crippen MR) is 81.9 cm³/mol. The van der Waals surface area contributed by atoms with E-state index < -0.39 is 0 Å². The molecule has 0 radical (unpaired) electrons. The van der Waals surface area contributed by atoms with Gasteiger partial charge in [-0.3, -0.25) is 4.79 Å². The molecule has 1 atom stereocenters. The zero-order valence-electron chi connectivity index (χ0n) is 11.8. The molecule has 2 aromatic rings. The molecule has 1 aliphatic heterocycles. The fraction of sp³-hybridized carbons (Fsp3) is 0.353. The molecule has 1 amide bonds. The van der Waals surface area contributed by atoms with Gasteiger partial charge in [-0.2, -0.15) is 0 Å². The smallest absolute Gasteiger partial charge is 0.251 e. The number of hydrogen-bond donors (Lipinski definition) is 1. The van der Waals surface area contributed by atoms with E-state index in [2.05, 4.69) is 23.3 Å². The summed E-state index contributed by atoms with van der Waals surface area (Å²) in [7, 11) is 2.11. The van der Waals surface area contributed by atoms with E-state index in [0.717, 1.165) is 36.9 Å². The Labute approximate surface area is 119 Å². The van der Waals surface area contributed by atoms with Crippen molar-refractivity contribution < 1.29 is 4.79 Å². The minimum absolute atomic E-state index is 0.0380. The quantitative estimate of drug-likeness (QED) is 0.908. The molecule has 20 heavy (non-hydrogen) atoms. The van der Waals surface area contributed by atoms with Gasteiger partial charge in [-0.25, -0.2) is 0 Å². The Bertz CT molecular complexity index is 623. The van der Waals surface area contributed by atoms with Crippen LogP contribution in [0.25, 0.3) is 10.8 Å². The summed E-state index contributed by atoms with van der Waals surface area (Å²) in [6.45, 7) is 2.07. The summed E-state index contributed by atoms with van der Waals surface area (Å²) in [6.07, 6.45) is 2.23. The minimum Gasteiger partial charge on any atom is -0.348 e. The lowest BCUT2D eigenvalue weighted by molar-refractivity contribution is 0.0912. The molecule has 0 aliphatic carbocycles. The van der Waals surface area contributed by atoms with Gasteiger partial charge in [0.1, 0.15) is 0 Å². The third-order valence-electron chi connectivity index (χ3n) is 3.97. The van der Waals surface area contributed by atoms with Gasteiger partial charge in [0, 0.05) is 18.2 Å². The highest BCUT2D eigenvalue weighted by Crippen LogP contribution is 2.16. The monoisotopic (exact) mass is 268 g/mol. The number of carbonyl (C=O) groups is 1. The Morgan fingerprint density at radius 1 is 1.20 bits per heavy atom. The molecular formula is C17H20N2O. The zero-order chi connectivity index (χ0) is 13.9. The fourth-order valence-electron chi connectivity index (χ4n) is 2.88. The number of likely N-dealkylation sites (N-methyl/N-ethyl adjacent to an activating group) is 1. The maximum absolute atomic E-state index is 12.3. The standard InChI is InChI=1S/C17H20N2O/c1-19-10-4-7-16(12-19)18-17(20)15-9-8-13-5-2-3-6-14(13)11-15/h2-3,5-6,8-9,11,16H,4,7,10,12H2,1H3,(H,18,20)/t16-/m1/s1. The number of nitrogens with zero attached hydrogens (tertiary/aromatic N) is 1. The molecule has 3 nitrogen and oxygen atoms in total. The van der Waals surface area contributed by atoms with Crippen LogP contribution in [0.1, 0.15) is 23.2 Å². The molecule has 1 fully saturated rings. The van der Waals surface area contributed by atoms with E-state index in [1.54, 1.807) is 0 Å². The lowest BCUT2D eigenvalue weighted by Gasteiger charge is -2.30. The molecule has 3 heteroatoms. The topological polar surface area (TPSA) is 32.3 Å². The van der Waals surface area contributed by atoms with Crippen molar-refractivity contribution in [1.29, 1.82) is 0 Å². The summed E-state index contributed by atoms with van der Waals surface area (Å²) in [5, 5.41) is 5.43. The van der Waals surface area contributed by atoms with Gasteiger partial charge in [-0.1, -0.05) is 30.3 Å². The van der Waals surface area contributed by atoms with Crippen LogP contribution >= 0.6 is 0 Å². The maximum Gasteiger partial charge on any atom is 0.251 e. The second-order valence-corrected chi connectivity index (χ2v) is 5.64. The van der Waals surface area contributed by atoms with Crippen LogP contribution in [-0.2, 0) is 0 Å². The first kappa shape index (κ1) is 13.1. The summed E-state index contributed by atoms with van der Waals surface area (Å²) in [4.78, 5) is 14.6. The summed E-state index contributed by atoms with van der Waals surface area (Å²) in [5.74, 6) is 0.0380. The molecule has 2 aromatic carbocycles. The summed E-state index contributed by atoms with van der Waals surface area (Å²) in [6, 6.07) is 14.3. The SMILES string of the molecule is CN1CCC[C@@H](NC(=O)c2ccc3ccccc3c2)C1. The number of amides is 1. The number of likely N-dealkylation sites (tertiary alicyclic amines) is 1. The summed E-state index contributed by atoms with van der Waals surface area (Å²) < 4.78 is 0. The number of rotatable bonds is 2. The first-order chi connectivity index (χ1) is 9.72. The number of benzene rings is 2. The van der Waals surface area contributed by atoms with E-state index >= 15 is 0 Å². The van der Waals surface area contributed by atoms with Gasteiger partial charge in [0.2, 0.25) is 0 Å². The lowest BCUT2D eigenvalue weighted by Crippen LogP contribution is -2.46. The number of hydrogen-bond acceptors (Lipinski definition) is 2. The van der Waals surface area contributed by atoms with Gasteiger partial charge >= 0.3 is 0 Å². The largest absolute Gasteiger partial charge is 0.348 e. The van der Waals surface area contributed by atoms with Crippen LogP contribution in [0, 0.1) is 0 Å². The van der Waals surface area contributed by atoms with Crippen molar-refractivity contribution >= 4 is 16.7 Å². The molecule has 1 saturated heterocycles. The van der Waals surface area contributed by atoms with Gasteiger partial charge < -0.3 is 10.2 Å². The highest BCUT2D eigenvalue weighted by atomic mass is 16.1. The summed E-state index contributed by atoms with van der Waals surface area (Å²) in [5.41, 5.74) is 0.747. The highest BCUT2D eigenvalue weighted by molar-refractivity contribution is 5.98. The van der Waals surface area contributed by atoms with Crippen LogP contribution in [0.4, 0.5) is 0 Å². The van der Waals surface area contributed by atoms with Gasteiger partial charge in [0.15, 0.2) is 0 Å². The molecule has 0 spiro atoms. The zero-order valence-corrected chi connectivity index (χ0v) is 11.8. The molecule has 1 aliphatic rings. The second-order valence-electron chi connectivity index (χ2n) is 5.64. The molecule has 3 rings (SSSR count). The molecule has 0 bridgehead atoms. The van der Waals surface area contributed by atoms with Crippen LogP contribution in [0.15, 0.2) is 42.5 Å². The minimum atomic E-state index is 0.0380. The van der Waals surface area contributed by atoms with Crippen molar-refractivity contribution in [3.8, 4) is 0 Å². The van der Waals surface area contributed by atoms with Crippen molar-refractivity contribution in [2.45, 2.75) is 18.9 Å². The molecule has 1 N–H and O–H groups in total. The van der Waals surface area contributed by atoms with Crippen LogP contribution in [0.3, 0.4) is 0 Å². The fourth-order valence-corrected chi connectivity index (χ4v) is 2.88. The van der Waals surface area contributed by atoms with Gasteiger partial charge in [0.25, 0.3) is 5.91 Å². The van der Waals surface area contributed by atoms with Crippen LogP contribution in [0.5, 0.6) is 0 Å². The van der Waals surface area contributed by atoms with Crippen molar-refractivity contribution in [2.24, 2.45) is 0 Å². The van der Waals surface area contributed by atoms with Gasteiger partial charge in [0.05, 0.1) is 0 Å². The maximum atomic E-state index is 12.3. The lowest BCUT2D eigenvalue weighted by atomic mass is 10.0. The number of carbonyl (C=O) groups excluding carboxylic acids is 1. The molecular weight excluding hydrogens is 248 g/mol. The van der Waals surface area contributed by atoms with Crippen molar-refractivity contribution in [2.75, 3.05) is 20.1 Å². The number of piperidine rings is 1. The average molecular weight is 268 g/mol.